The van der Waals surface area contributed by atoms with Gasteiger partial charge in [0.15, 0.2) is 0 Å². The molecule has 0 saturated carbocycles. The van der Waals surface area contributed by atoms with Gasteiger partial charge in [-0.15, -0.1) is 0 Å². The molecule has 0 fully saturated rings. The van der Waals surface area contributed by atoms with Gasteiger partial charge in [0, 0.05) is 22.5 Å². The Bertz CT molecular complexity index is 1630. The highest BCUT2D eigenvalue weighted by molar-refractivity contribution is 5.86. The van der Waals surface area contributed by atoms with Crippen molar-refractivity contribution in [1.82, 2.24) is 0 Å². The number of rotatable bonds is 3. The van der Waals surface area contributed by atoms with Crippen molar-refractivity contribution in [2.45, 2.75) is 44.9 Å². The lowest BCUT2D eigenvalue weighted by molar-refractivity contribution is 0.660. The average Bonchev–Trinajstić information content (AvgIpc) is 3.18. The van der Waals surface area contributed by atoms with Gasteiger partial charge in [0.25, 0.3) is 0 Å². The second-order valence-corrected chi connectivity index (χ2v) is 11.4. The minimum absolute atomic E-state index is 0.0300. The highest BCUT2D eigenvalue weighted by atomic mass is 15.1. The van der Waals surface area contributed by atoms with Crippen molar-refractivity contribution in [2.75, 3.05) is 4.90 Å². The maximum absolute atomic E-state index is 2.49. The summed E-state index contributed by atoms with van der Waals surface area (Å²) in [7, 11) is 0. The summed E-state index contributed by atoms with van der Waals surface area (Å²) >= 11 is 0. The minimum Gasteiger partial charge on any atom is -0.310 e. The number of fused-ring (bicyclic) bond motifs is 3. The van der Waals surface area contributed by atoms with E-state index < -0.39 is 0 Å². The number of aryl methyl sites for hydroxylation is 4. The van der Waals surface area contributed by atoms with Crippen LogP contribution in [0, 0.1) is 0 Å². The van der Waals surface area contributed by atoms with Crippen molar-refractivity contribution in [3.63, 3.8) is 0 Å². The summed E-state index contributed by atoms with van der Waals surface area (Å²) in [4.78, 5) is 2.49. The number of anilines is 3. The Morgan fingerprint density at radius 3 is 1.92 bits per heavy atom. The Hall–Kier alpha value is -4.10. The fraction of sp³-hybridized carbons (Fsp3) is 0.189. The Kier molecular flexibility index (Phi) is 5.48. The van der Waals surface area contributed by atoms with Crippen LogP contribution in [-0.2, 0) is 31.1 Å². The van der Waals surface area contributed by atoms with Crippen LogP contribution in [0.15, 0.2) is 115 Å². The second kappa shape index (κ2) is 9.03. The standard InChI is InChI=1S/C37H33N/c1-37(2)34-11-7-6-10-32(34)33-23-22-31(25-35(33)37)38(30-8-4-3-5-9-30)36-24-28-17-16-26-12-14-27(15-13-26)18-20-29(36)21-19-28/h3-15,19,21-25H,16-18,20H2,1-2H3. The van der Waals surface area contributed by atoms with E-state index in [0.717, 1.165) is 25.7 Å². The van der Waals surface area contributed by atoms with Crippen LogP contribution in [0.2, 0.25) is 0 Å². The molecule has 0 N–H and O–H groups in total. The van der Waals surface area contributed by atoms with Gasteiger partial charge in [-0.3, -0.25) is 0 Å². The first kappa shape index (κ1) is 23.0. The zero-order valence-corrected chi connectivity index (χ0v) is 22.2. The van der Waals surface area contributed by atoms with E-state index >= 15 is 0 Å². The van der Waals surface area contributed by atoms with E-state index in [4.69, 9.17) is 0 Å². The van der Waals surface area contributed by atoms with Crippen LogP contribution in [0.3, 0.4) is 0 Å². The molecule has 5 aromatic carbocycles. The zero-order valence-electron chi connectivity index (χ0n) is 22.2. The fourth-order valence-electron chi connectivity index (χ4n) is 6.46. The highest BCUT2D eigenvalue weighted by Crippen LogP contribution is 2.50. The Morgan fingerprint density at radius 2 is 1.13 bits per heavy atom. The van der Waals surface area contributed by atoms with Crippen molar-refractivity contribution in [3.8, 4) is 11.1 Å². The maximum atomic E-state index is 2.49. The SMILES string of the molecule is CC1(C)c2ccccc2-c2ccc(N(c3ccccc3)c3cc4ccc3CCc3ccc(cc3)CC4)cc21. The van der Waals surface area contributed by atoms with Gasteiger partial charge in [-0.2, -0.15) is 0 Å². The van der Waals surface area contributed by atoms with Crippen LogP contribution in [0.25, 0.3) is 11.1 Å². The van der Waals surface area contributed by atoms with Crippen molar-refractivity contribution in [1.29, 1.82) is 0 Å². The summed E-state index contributed by atoms with van der Waals surface area (Å²) in [6.45, 7) is 4.73. The second-order valence-electron chi connectivity index (χ2n) is 11.4. The molecule has 0 aliphatic heterocycles. The van der Waals surface area contributed by atoms with E-state index in [2.05, 4.69) is 134 Å². The van der Waals surface area contributed by atoms with Gasteiger partial charge >= 0.3 is 0 Å². The van der Waals surface area contributed by atoms with Crippen molar-refractivity contribution in [3.05, 3.63) is 149 Å². The van der Waals surface area contributed by atoms with E-state index in [0.29, 0.717) is 0 Å². The van der Waals surface area contributed by atoms with Gasteiger partial charge in [0.1, 0.15) is 0 Å². The molecule has 0 radical (unpaired) electrons. The fourth-order valence-corrected chi connectivity index (χ4v) is 6.46. The van der Waals surface area contributed by atoms with Gasteiger partial charge in [-0.05, 0) is 101 Å². The largest absolute Gasteiger partial charge is 0.310 e. The van der Waals surface area contributed by atoms with Crippen LogP contribution in [-0.4, -0.2) is 0 Å². The van der Waals surface area contributed by atoms with Gasteiger partial charge < -0.3 is 4.90 Å². The van der Waals surface area contributed by atoms with Crippen LogP contribution < -0.4 is 4.90 Å². The van der Waals surface area contributed by atoms with Crippen molar-refractivity contribution >= 4 is 17.1 Å². The third-order valence-electron chi connectivity index (χ3n) is 8.64. The normalized spacial score (nSPS) is 14.9. The lowest BCUT2D eigenvalue weighted by atomic mass is 9.82. The number of benzene rings is 5. The summed E-state index contributed by atoms with van der Waals surface area (Å²) in [5, 5.41) is 0. The predicted octanol–water partition coefficient (Wildman–Crippen LogP) is 9.35. The lowest BCUT2D eigenvalue weighted by Gasteiger charge is -2.30. The quantitative estimate of drug-likeness (QED) is 0.243. The van der Waals surface area contributed by atoms with Crippen molar-refractivity contribution < 1.29 is 0 Å². The first-order valence-electron chi connectivity index (χ1n) is 13.9. The number of hydrogen-bond donors (Lipinski definition) is 0. The van der Waals surface area contributed by atoms with Crippen LogP contribution in [0.4, 0.5) is 17.1 Å². The molecule has 5 aromatic rings. The number of para-hydroxylation sites is 1. The molecule has 186 valence electrons. The Balaban J connectivity index is 1.39. The molecule has 5 aliphatic carbocycles. The molecule has 0 amide bonds. The monoisotopic (exact) mass is 491 g/mol. The third kappa shape index (κ3) is 3.85. The van der Waals surface area contributed by atoms with E-state index in [9.17, 15) is 0 Å². The average molecular weight is 492 g/mol. The Morgan fingerprint density at radius 1 is 0.500 bits per heavy atom. The van der Waals surface area contributed by atoms with Gasteiger partial charge in [-0.25, -0.2) is 0 Å². The zero-order chi connectivity index (χ0) is 25.7. The van der Waals surface area contributed by atoms with Gasteiger partial charge in [0.2, 0.25) is 0 Å². The third-order valence-corrected chi connectivity index (χ3v) is 8.64. The molecule has 1 heteroatoms. The molecule has 0 unspecified atom stereocenters. The topological polar surface area (TPSA) is 3.24 Å². The first-order chi connectivity index (χ1) is 18.6. The molecule has 0 heterocycles. The molecule has 0 saturated heterocycles. The van der Waals surface area contributed by atoms with E-state index in [1.165, 1.54) is 61.6 Å². The van der Waals surface area contributed by atoms with Crippen LogP contribution in [0.5, 0.6) is 0 Å². The summed E-state index contributed by atoms with van der Waals surface area (Å²) in [5.41, 5.74) is 14.9. The molecular formula is C37H33N. The molecule has 0 spiro atoms. The molecule has 0 atom stereocenters. The smallest absolute Gasteiger partial charge is 0.0496 e. The predicted molar refractivity (Wildman–Crippen MR) is 160 cm³/mol. The molecule has 0 aromatic heterocycles. The van der Waals surface area contributed by atoms with E-state index in [-0.39, 0.29) is 5.41 Å². The summed E-state index contributed by atoms with van der Waals surface area (Å²) < 4.78 is 0. The summed E-state index contributed by atoms with van der Waals surface area (Å²) in [6, 6.07) is 43.3. The summed E-state index contributed by atoms with van der Waals surface area (Å²) in [6.07, 6.45) is 4.17. The van der Waals surface area contributed by atoms with Gasteiger partial charge in [-0.1, -0.05) is 98.8 Å². The van der Waals surface area contributed by atoms with Crippen LogP contribution >= 0.6 is 0 Å². The molecule has 1 nitrogen and oxygen atoms in total. The number of nitrogens with zero attached hydrogens (tertiary/aromatic N) is 1. The van der Waals surface area contributed by atoms with Crippen LogP contribution in [0.1, 0.15) is 47.2 Å². The maximum Gasteiger partial charge on any atom is 0.0496 e. The van der Waals surface area contributed by atoms with E-state index in [1.807, 2.05) is 0 Å². The minimum atomic E-state index is -0.0300. The number of hydrogen-bond acceptors (Lipinski definition) is 1. The Labute approximate surface area is 226 Å². The molecular weight excluding hydrogens is 458 g/mol. The molecule has 10 rings (SSSR count). The highest BCUT2D eigenvalue weighted by Gasteiger charge is 2.35. The first-order valence-corrected chi connectivity index (χ1v) is 13.9. The van der Waals surface area contributed by atoms with Gasteiger partial charge in [0.05, 0.1) is 0 Å². The lowest BCUT2D eigenvalue weighted by Crippen LogP contribution is -2.17. The van der Waals surface area contributed by atoms with Crippen molar-refractivity contribution in [2.24, 2.45) is 0 Å². The molecule has 5 aliphatic rings. The molecule has 4 bridgehead atoms. The molecule has 38 heavy (non-hydrogen) atoms. The summed E-state index contributed by atoms with van der Waals surface area (Å²) in [5.74, 6) is 0. The van der Waals surface area contributed by atoms with E-state index in [1.54, 1.807) is 0 Å².